The summed E-state index contributed by atoms with van der Waals surface area (Å²) >= 11 is 1.34. The second kappa shape index (κ2) is 5.38. The molecule has 2 heterocycles. The Morgan fingerprint density at radius 3 is 3.00 bits per heavy atom. The van der Waals surface area contributed by atoms with Crippen molar-refractivity contribution in [2.75, 3.05) is 6.61 Å². The third-order valence-electron chi connectivity index (χ3n) is 2.66. The second-order valence-corrected chi connectivity index (χ2v) is 5.16. The van der Waals surface area contributed by atoms with Gasteiger partial charge in [0.15, 0.2) is 5.16 Å². The number of rotatable bonds is 5. The van der Waals surface area contributed by atoms with Gasteiger partial charge in [-0.25, -0.2) is 0 Å². The second-order valence-electron chi connectivity index (χ2n) is 3.99. The lowest BCUT2D eigenvalue weighted by Crippen LogP contribution is -2.13. The van der Waals surface area contributed by atoms with Gasteiger partial charge in [-0.2, -0.15) is 0 Å². The molecule has 1 fully saturated rings. The number of amides is 1. The maximum absolute atomic E-state index is 11.4. The van der Waals surface area contributed by atoms with E-state index in [-0.39, 0.29) is 23.5 Å². The van der Waals surface area contributed by atoms with Crippen molar-refractivity contribution >= 4 is 23.6 Å². The summed E-state index contributed by atoms with van der Waals surface area (Å²) in [7, 11) is 1.80. The minimum Gasteiger partial charge on any atom is -0.465 e. The largest absolute Gasteiger partial charge is 0.465 e. The highest BCUT2D eigenvalue weighted by Gasteiger charge is 2.29. The van der Waals surface area contributed by atoms with Gasteiger partial charge in [0, 0.05) is 26.3 Å². The van der Waals surface area contributed by atoms with Crippen molar-refractivity contribution in [2.24, 2.45) is 12.8 Å². The molecule has 0 unspecified atom stereocenters. The molecular formula is C10H14N4O3S. The number of thioether (sulfide) groups is 1. The first-order valence-corrected chi connectivity index (χ1v) is 6.45. The van der Waals surface area contributed by atoms with Gasteiger partial charge in [-0.15, -0.1) is 10.2 Å². The highest BCUT2D eigenvalue weighted by Crippen LogP contribution is 2.28. The Balaban J connectivity index is 2.01. The van der Waals surface area contributed by atoms with Gasteiger partial charge in [0.1, 0.15) is 11.1 Å². The minimum absolute atomic E-state index is 0.207. The summed E-state index contributed by atoms with van der Waals surface area (Å²) in [6.45, 7) is 0.461. The molecule has 1 aromatic rings. The Bertz CT molecular complexity index is 474. The molecule has 98 valence electrons. The molecule has 0 aliphatic carbocycles. The van der Waals surface area contributed by atoms with Crippen LogP contribution in [0.15, 0.2) is 5.16 Å². The normalized spacial score (nSPS) is 18.9. The SMILES string of the molecule is Cn1c(CCC(N)=O)nnc1S[C@@H]1CCOC1=O. The fourth-order valence-electron chi connectivity index (χ4n) is 1.61. The number of hydrogen-bond donors (Lipinski definition) is 1. The number of carbonyl (C=O) groups excluding carboxylic acids is 2. The summed E-state index contributed by atoms with van der Waals surface area (Å²) in [5.74, 6) is 0.107. The van der Waals surface area contributed by atoms with Crippen LogP contribution in [0.1, 0.15) is 18.7 Å². The molecular weight excluding hydrogens is 256 g/mol. The number of nitrogens with zero attached hydrogens (tertiary/aromatic N) is 3. The number of aryl methyl sites for hydroxylation is 1. The van der Waals surface area contributed by atoms with Crippen LogP contribution < -0.4 is 5.73 Å². The number of primary amides is 1. The Morgan fingerprint density at radius 1 is 1.61 bits per heavy atom. The number of cyclic esters (lactones) is 1. The van der Waals surface area contributed by atoms with Gasteiger partial charge < -0.3 is 15.0 Å². The number of nitrogens with two attached hydrogens (primary N) is 1. The molecule has 1 aliphatic heterocycles. The Labute approximate surface area is 108 Å². The number of ether oxygens (including phenoxy) is 1. The highest BCUT2D eigenvalue weighted by atomic mass is 32.2. The van der Waals surface area contributed by atoms with Crippen molar-refractivity contribution in [1.29, 1.82) is 0 Å². The fourth-order valence-corrected chi connectivity index (χ4v) is 2.60. The summed E-state index contributed by atoms with van der Waals surface area (Å²) in [6, 6.07) is 0. The maximum Gasteiger partial charge on any atom is 0.319 e. The summed E-state index contributed by atoms with van der Waals surface area (Å²) in [5.41, 5.74) is 5.08. The van der Waals surface area contributed by atoms with Crippen molar-refractivity contribution in [2.45, 2.75) is 29.7 Å². The lowest BCUT2D eigenvalue weighted by Gasteiger charge is -2.05. The topological polar surface area (TPSA) is 100 Å². The van der Waals surface area contributed by atoms with Crippen LogP contribution in [0.4, 0.5) is 0 Å². The standard InChI is InChI=1S/C10H14N4O3S/c1-14-8(3-2-7(11)15)12-13-10(14)18-6-4-5-17-9(6)16/h6H,2-5H2,1H3,(H2,11,15)/t6-/m1/s1. The summed E-state index contributed by atoms with van der Waals surface area (Å²) in [4.78, 5) is 22.1. The minimum atomic E-state index is -0.369. The lowest BCUT2D eigenvalue weighted by atomic mass is 10.3. The third-order valence-corrected chi connectivity index (χ3v) is 3.93. The summed E-state index contributed by atoms with van der Waals surface area (Å²) < 4.78 is 6.66. The Morgan fingerprint density at radius 2 is 2.39 bits per heavy atom. The zero-order valence-corrected chi connectivity index (χ0v) is 10.8. The summed E-state index contributed by atoms with van der Waals surface area (Å²) in [6.07, 6.45) is 1.38. The molecule has 0 aromatic carbocycles. The summed E-state index contributed by atoms with van der Waals surface area (Å²) in [5, 5.41) is 8.43. The molecule has 1 amide bonds. The molecule has 2 rings (SSSR count). The van der Waals surface area contributed by atoms with E-state index in [0.717, 1.165) is 0 Å². The zero-order valence-electron chi connectivity index (χ0n) is 9.96. The average molecular weight is 270 g/mol. The van der Waals surface area contributed by atoms with E-state index >= 15 is 0 Å². The quantitative estimate of drug-likeness (QED) is 0.733. The van der Waals surface area contributed by atoms with Crippen molar-refractivity contribution in [3.05, 3.63) is 5.82 Å². The fraction of sp³-hybridized carbons (Fsp3) is 0.600. The Kier molecular flexibility index (Phi) is 3.85. The highest BCUT2D eigenvalue weighted by molar-refractivity contribution is 8.00. The molecule has 18 heavy (non-hydrogen) atoms. The maximum atomic E-state index is 11.4. The van der Waals surface area contributed by atoms with Crippen LogP contribution in [-0.4, -0.2) is 38.5 Å². The van der Waals surface area contributed by atoms with E-state index in [1.165, 1.54) is 11.8 Å². The molecule has 1 aromatic heterocycles. The van der Waals surface area contributed by atoms with Gasteiger partial charge in [0.2, 0.25) is 5.91 Å². The number of aromatic nitrogens is 3. The first-order chi connectivity index (χ1) is 8.58. The van der Waals surface area contributed by atoms with Crippen LogP contribution in [0.2, 0.25) is 0 Å². The number of esters is 1. The van der Waals surface area contributed by atoms with Gasteiger partial charge in [0.25, 0.3) is 0 Å². The molecule has 2 N–H and O–H groups in total. The smallest absolute Gasteiger partial charge is 0.319 e. The average Bonchev–Trinajstić information content (AvgIpc) is 2.86. The van der Waals surface area contributed by atoms with Crippen LogP contribution >= 0.6 is 11.8 Å². The van der Waals surface area contributed by atoms with Crippen LogP contribution in [0, 0.1) is 0 Å². The van der Waals surface area contributed by atoms with E-state index < -0.39 is 0 Å². The van der Waals surface area contributed by atoms with Crippen LogP contribution in [0.3, 0.4) is 0 Å². The number of hydrogen-bond acceptors (Lipinski definition) is 6. The molecule has 0 saturated carbocycles. The van der Waals surface area contributed by atoms with E-state index in [9.17, 15) is 9.59 Å². The van der Waals surface area contributed by atoms with Gasteiger partial charge in [-0.1, -0.05) is 11.8 Å². The molecule has 1 atom stereocenters. The van der Waals surface area contributed by atoms with Crippen molar-refractivity contribution < 1.29 is 14.3 Å². The van der Waals surface area contributed by atoms with E-state index in [4.69, 9.17) is 10.5 Å². The zero-order chi connectivity index (χ0) is 13.1. The molecule has 8 heteroatoms. The predicted molar refractivity (Wildman–Crippen MR) is 63.7 cm³/mol. The lowest BCUT2D eigenvalue weighted by molar-refractivity contribution is -0.137. The van der Waals surface area contributed by atoms with Crippen molar-refractivity contribution in [1.82, 2.24) is 14.8 Å². The van der Waals surface area contributed by atoms with Crippen molar-refractivity contribution in [3.63, 3.8) is 0 Å². The third kappa shape index (κ3) is 2.81. The molecule has 7 nitrogen and oxygen atoms in total. The molecule has 1 aliphatic rings. The van der Waals surface area contributed by atoms with E-state index in [1.807, 2.05) is 0 Å². The van der Waals surface area contributed by atoms with Crippen molar-refractivity contribution in [3.8, 4) is 0 Å². The van der Waals surface area contributed by atoms with Gasteiger partial charge in [-0.05, 0) is 0 Å². The Hall–Kier alpha value is -1.57. The molecule has 0 radical (unpaired) electrons. The first-order valence-electron chi connectivity index (χ1n) is 5.58. The monoisotopic (exact) mass is 270 g/mol. The van der Waals surface area contributed by atoms with E-state index in [1.54, 1.807) is 11.6 Å². The van der Waals surface area contributed by atoms with Crippen LogP contribution in [-0.2, 0) is 27.8 Å². The predicted octanol–water partition coefficient (Wildman–Crippen LogP) is -0.359. The van der Waals surface area contributed by atoms with Gasteiger partial charge in [0.05, 0.1) is 6.61 Å². The molecule has 0 spiro atoms. The van der Waals surface area contributed by atoms with E-state index in [2.05, 4.69) is 10.2 Å². The van der Waals surface area contributed by atoms with Gasteiger partial charge in [-0.3, -0.25) is 9.59 Å². The van der Waals surface area contributed by atoms with Crippen LogP contribution in [0.5, 0.6) is 0 Å². The molecule has 0 bridgehead atoms. The number of carbonyl (C=O) groups is 2. The molecule has 1 saturated heterocycles. The van der Waals surface area contributed by atoms with Crippen LogP contribution in [0.25, 0.3) is 0 Å². The first kappa shape index (κ1) is 12.9. The van der Waals surface area contributed by atoms with Gasteiger partial charge >= 0.3 is 5.97 Å². The van der Waals surface area contributed by atoms with E-state index in [0.29, 0.717) is 30.4 Å².